The van der Waals surface area contributed by atoms with Crippen LogP contribution in [0.4, 0.5) is 0 Å². The molecule has 0 aliphatic carbocycles. The van der Waals surface area contributed by atoms with Crippen LogP contribution >= 0.6 is 0 Å². The number of hydrogen-bond donors (Lipinski definition) is 0. The predicted octanol–water partition coefficient (Wildman–Crippen LogP) is 3.56. The Kier molecular flexibility index (Phi) is 3.95. The van der Waals surface area contributed by atoms with Crippen molar-refractivity contribution in [2.24, 2.45) is 0 Å². The number of hydrogen-bond acceptors (Lipinski definition) is 3. The Bertz CT molecular complexity index is 768. The average molecular weight is 319 g/mol. The number of benzene rings is 2. The summed E-state index contributed by atoms with van der Waals surface area (Å²) < 4.78 is 5.37. The number of carbonyl (C=O) groups is 1. The fraction of sp³-hybridized carbons (Fsp3) is 0.286. The molecule has 0 N–H and O–H groups in total. The average Bonchev–Trinajstić information content (AvgIpc) is 2.89. The van der Waals surface area contributed by atoms with Crippen molar-refractivity contribution in [1.82, 2.24) is 4.90 Å². The first-order chi connectivity index (χ1) is 11.8. The van der Waals surface area contributed by atoms with E-state index in [0.29, 0.717) is 5.92 Å². The van der Waals surface area contributed by atoms with E-state index in [2.05, 4.69) is 47.4 Å². The molecule has 0 saturated carbocycles. The highest BCUT2D eigenvalue weighted by molar-refractivity contribution is 5.96. The summed E-state index contributed by atoms with van der Waals surface area (Å²) >= 11 is 0. The molecular weight excluding hydrogens is 298 g/mol. The van der Waals surface area contributed by atoms with Gasteiger partial charge in [0.2, 0.25) is 0 Å². The van der Waals surface area contributed by atoms with E-state index in [1.807, 2.05) is 18.2 Å². The highest BCUT2D eigenvalue weighted by Crippen LogP contribution is 2.42. The molecule has 0 aromatic heterocycles. The molecule has 0 amide bonds. The molecule has 4 rings (SSSR count). The summed E-state index contributed by atoms with van der Waals surface area (Å²) in [6, 6.07) is 18.9. The van der Waals surface area contributed by atoms with Gasteiger partial charge in [0.15, 0.2) is 5.78 Å². The number of rotatable bonds is 4. The zero-order valence-electron chi connectivity index (χ0n) is 13.8. The summed E-state index contributed by atoms with van der Waals surface area (Å²) in [7, 11) is 1.69. The second-order valence-electron chi connectivity index (χ2n) is 6.54. The van der Waals surface area contributed by atoms with Gasteiger partial charge in [-0.25, -0.2) is 0 Å². The van der Waals surface area contributed by atoms with E-state index in [4.69, 9.17) is 4.74 Å². The van der Waals surface area contributed by atoms with Crippen molar-refractivity contribution in [3.63, 3.8) is 0 Å². The fourth-order valence-electron chi connectivity index (χ4n) is 4.00. The normalized spacial score (nSPS) is 25.9. The van der Waals surface area contributed by atoms with Crippen molar-refractivity contribution < 1.29 is 9.53 Å². The van der Waals surface area contributed by atoms with Gasteiger partial charge in [-0.05, 0) is 35.8 Å². The Morgan fingerprint density at radius 2 is 1.96 bits per heavy atom. The van der Waals surface area contributed by atoms with Gasteiger partial charge in [0, 0.05) is 18.5 Å². The molecule has 2 aromatic carbocycles. The molecule has 0 unspecified atom stereocenters. The van der Waals surface area contributed by atoms with Crippen LogP contribution < -0.4 is 4.74 Å². The fourth-order valence-corrected chi connectivity index (χ4v) is 4.00. The van der Waals surface area contributed by atoms with Crippen LogP contribution in [0.2, 0.25) is 0 Å². The van der Waals surface area contributed by atoms with E-state index in [1.165, 1.54) is 11.1 Å². The maximum absolute atomic E-state index is 12.4. The van der Waals surface area contributed by atoms with Gasteiger partial charge in [-0.2, -0.15) is 0 Å². The monoisotopic (exact) mass is 319 g/mol. The van der Waals surface area contributed by atoms with Crippen molar-refractivity contribution >= 4 is 5.78 Å². The first-order valence-electron chi connectivity index (χ1n) is 8.42. The molecule has 2 aromatic rings. The van der Waals surface area contributed by atoms with Crippen LogP contribution in [0.5, 0.6) is 5.75 Å². The Labute approximate surface area is 142 Å². The zero-order chi connectivity index (χ0) is 16.5. The largest absolute Gasteiger partial charge is 0.497 e. The minimum absolute atomic E-state index is 0.0172. The molecule has 2 bridgehead atoms. The van der Waals surface area contributed by atoms with E-state index in [0.717, 1.165) is 18.7 Å². The van der Waals surface area contributed by atoms with Crippen molar-refractivity contribution in [3.05, 3.63) is 77.9 Å². The lowest BCUT2D eigenvalue weighted by Gasteiger charge is -2.31. The van der Waals surface area contributed by atoms with Crippen molar-refractivity contribution in [1.29, 1.82) is 0 Å². The minimum atomic E-state index is -0.0172. The molecule has 0 spiro atoms. The third kappa shape index (κ3) is 2.65. The highest BCUT2D eigenvalue weighted by Gasteiger charge is 2.45. The predicted molar refractivity (Wildman–Crippen MR) is 94.1 cm³/mol. The van der Waals surface area contributed by atoms with Gasteiger partial charge in [-0.3, -0.25) is 9.69 Å². The lowest BCUT2D eigenvalue weighted by atomic mass is 9.91. The van der Waals surface area contributed by atoms with Crippen LogP contribution in [0, 0.1) is 0 Å². The van der Waals surface area contributed by atoms with E-state index in [9.17, 15) is 4.79 Å². The maximum atomic E-state index is 12.4. The van der Waals surface area contributed by atoms with Crippen LogP contribution in [0.25, 0.3) is 0 Å². The van der Waals surface area contributed by atoms with Crippen molar-refractivity contribution in [2.75, 3.05) is 7.11 Å². The second-order valence-corrected chi connectivity index (χ2v) is 6.54. The molecule has 122 valence electrons. The lowest BCUT2D eigenvalue weighted by Crippen LogP contribution is -2.42. The molecule has 1 fully saturated rings. The number of nitrogens with zero attached hydrogens (tertiary/aromatic N) is 1. The molecular formula is C21H21NO2. The standard InChI is InChI=1S/C21H21NO2/c1-24-17-9-5-8-16(12-17)18-13-20-21(23)11-10-19(18)22(20)14-15-6-3-2-4-7-15/h2-12,18-20H,13-14H2,1H3/t18-,19-,20+/m0/s1. The summed E-state index contributed by atoms with van der Waals surface area (Å²) in [4.78, 5) is 14.7. The Balaban J connectivity index is 1.65. The Hall–Kier alpha value is -2.39. The summed E-state index contributed by atoms with van der Waals surface area (Å²) in [5, 5.41) is 0. The van der Waals surface area contributed by atoms with Crippen molar-refractivity contribution in [2.45, 2.75) is 31.0 Å². The van der Waals surface area contributed by atoms with Gasteiger partial charge >= 0.3 is 0 Å². The molecule has 3 nitrogen and oxygen atoms in total. The number of methoxy groups -OCH3 is 1. The molecule has 1 saturated heterocycles. The lowest BCUT2D eigenvalue weighted by molar-refractivity contribution is -0.119. The molecule has 2 heterocycles. The Morgan fingerprint density at radius 3 is 2.75 bits per heavy atom. The van der Waals surface area contributed by atoms with E-state index in [-0.39, 0.29) is 17.9 Å². The minimum Gasteiger partial charge on any atom is -0.497 e. The smallest absolute Gasteiger partial charge is 0.172 e. The topological polar surface area (TPSA) is 29.5 Å². The number of fused-ring (bicyclic) bond motifs is 2. The zero-order valence-corrected chi connectivity index (χ0v) is 13.8. The molecule has 2 aliphatic heterocycles. The van der Waals surface area contributed by atoms with Gasteiger partial charge in [0.05, 0.1) is 13.2 Å². The van der Waals surface area contributed by atoms with Crippen LogP contribution in [0.3, 0.4) is 0 Å². The van der Waals surface area contributed by atoms with Crippen LogP contribution in [-0.2, 0) is 11.3 Å². The molecule has 24 heavy (non-hydrogen) atoms. The summed E-state index contributed by atoms with van der Waals surface area (Å²) in [5.74, 6) is 1.43. The summed E-state index contributed by atoms with van der Waals surface area (Å²) in [6.45, 7) is 0.812. The molecule has 0 radical (unpaired) electrons. The number of carbonyl (C=O) groups excluding carboxylic acids is 1. The first kappa shape index (κ1) is 15.2. The summed E-state index contributed by atoms with van der Waals surface area (Å²) in [5.41, 5.74) is 2.50. The number of ketones is 1. The first-order valence-corrected chi connectivity index (χ1v) is 8.42. The third-order valence-electron chi connectivity index (χ3n) is 5.19. The number of ether oxygens (including phenoxy) is 1. The van der Waals surface area contributed by atoms with Crippen LogP contribution in [0.15, 0.2) is 66.7 Å². The van der Waals surface area contributed by atoms with Gasteiger partial charge in [0.1, 0.15) is 5.75 Å². The SMILES string of the molecule is COc1cccc([C@@H]2C[C@@H]3C(=O)C=C[C@@H]2N3Cc2ccccc2)c1. The summed E-state index contributed by atoms with van der Waals surface area (Å²) in [6.07, 6.45) is 4.73. The van der Waals surface area contributed by atoms with Gasteiger partial charge in [-0.1, -0.05) is 48.5 Å². The van der Waals surface area contributed by atoms with Crippen molar-refractivity contribution in [3.8, 4) is 5.75 Å². The van der Waals surface area contributed by atoms with Gasteiger partial charge < -0.3 is 4.74 Å². The van der Waals surface area contributed by atoms with E-state index < -0.39 is 0 Å². The molecule has 2 aliphatic rings. The van der Waals surface area contributed by atoms with Gasteiger partial charge in [0.25, 0.3) is 0 Å². The highest BCUT2D eigenvalue weighted by atomic mass is 16.5. The quantitative estimate of drug-likeness (QED) is 0.863. The van der Waals surface area contributed by atoms with Gasteiger partial charge in [-0.15, -0.1) is 0 Å². The molecule has 3 heteroatoms. The second kappa shape index (κ2) is 6.25. The molecule has 3 atom stereocenters. The third-order valence-corrected chi connectivity index (χ3v) is 5.19. The van der Waals surface area contributed by atoms with Crippen LogP contribution in [0.1, 0.15) is 23.5 Å². The van der Waals surface area contributed by atoms with Crippen LogP contribution in [-0.4, -0.2) is 29.9 Å². The van der Waals surface area contributed by atoms with E-state index in [1.54, 1.807) is 13.2 Å². The van der Waals surface area contributed by atoms with E-state index >= 15 is 0 Å². The maximum Gasteiger partial charge on any atom is 0.172 e. The Morgan fingerprint density at radius 1 is 1.12 bits per heavy atom.